The van der Waals surface area contributed by atoms with E-state index in [2.05, 4.69) is 0 Å². The van der Waals surface area contributed by atoms with Crippen molar-refractivity contribution in [3.05, 3.63) is 70.8 Å². The number of hydrogen-bond acceptors (Lipinski definition) is 5. The first-order valence-corrected chi connectivity index (χ1v) is 7.93. The highest BCUT2D eigenvalue weighted by Gasteiger charge is 2.36. The Morgan fingerprint density at radius 2 is 1.65 bits per heavy atom. The number of anilines is 1. The number of rotatable bonds is 4. The molecule has 0 atom stereocenters. The molecule has 2 aromatic carbocycles. The van der Waals surface area contributed by atoms with Crippen LogP contribution in [0.5, 0.6) is 0 Å². The highest BCUT2D eigenvalue weighted by Crippen LogP contribution is 2.28. The summed E-state index contributed by atoms with van der Waals surface area (Å²) >= 11 is 0. The van der Waals surface area contributed by atoms with Crippen molar-refractivity contribution < 1.29 is 19.1 Å². The van der Waals surface area contributed by atoms with Gasteiger partial charge in [0.2, 0.25) is 0 Å². The van der Waals surface area contributed by atoms with Gasteiger partial charge >= 0.3 is 5.97 Å². The fraction of sp³-hybridized carbons (Fsp3) is 0.100. The van der Waals surface area contributed by atoms with E-state index in [4.69, 9.17) is 10.00 Å². The Bertz CT molecular complexity index is 933. The third-order valence-corrected chi connectivity index (χ3v) is 3.87. The van der Waals surface area contributed by atoms with Crippen molar-refractivity contribution in [2.45, 2.75) is 6.92 Å². The average Bonchev–Trinajstić information content (AvgIpc) is 2.91. The molecule has 0 unspecified atom stereocenters. The number of carbonyl (C=O) groups is 3. The van der Waals surface area contributed by atoms with Crippen LogP contribution in [-0.4, -0.2) is 24.4 Å². The second kappa shape index (κ2) is 7.03. The molecule has 3 rings (SSSR count). The Labute approximate surface area is 149 Å². The van der Waals surface area contributed by atoms with Crippen LogP contribution >= 0.6 is 0 Å². The molecule has 0 fully saturated rings. The number of nitriles is 1. The number of benzene rings is 2. The molecule has 26 heavy (non-hydrogen) atoms. The van der Waals surface area contributed by atoms with Crippen molar-refractivity contribution in [2.75, 3.05) is 11.5 Å². The summed E-state index contributed by atoms with van der Waals surface area (Å²) in [5.74, 6) is -1.45. The maximum absolute atomic E-state index is 12.5. The van der Waals surface area contributed by atoms with Crippen LogP contribution in [0.3, 0.4) is 0 Å². The van der Waals surface area contributed by atoms with Crippen molar-refractivity contribution in [3.8, 4) is 6.07 Å². The number of imide groups is 1. The molecule has 1 aliphatic heterocycles. The first-order valence-electron chi connectivity index (χ1n) is 7.93. The van der Waals surface area contributed by atoms with Crippen LogP contribution in [0.25, 0.3) is 6.08 Å². The van der Waals surface area contributed by atoms with Gasteiger partial charge in [-0.05, 0) is 42.8 Å². The van der Waals surface area contributed by atoms with Gasteiger partial charge in [0.15, 0.2) is 0 Å². The fourth-order valence-electron chi connectivity index (χ4n) is 2.66. The van der Waals surface area contributed by atoms with Crippen LogP contribution in [0.2, 0.25) is 0 Å². The van der Waals surface area contributed by atoms with Crippen molar-refractivity contribution in [3.63, 3.8) is 0 Å². The average molecular weight is 346 g/mol. The van der Waals surface area contributed by atoms with Gasteiger partial charge in [0.25, 0.3) is 11.8 Å². The molecule has 1 heterocycles. The number of carbonyl (C=O) groups excluding carboxylic acids is 3. The molecule has 0 bridgehead atoms. The van der Waals surface area contributed by atoms with E-state index in [1.54, 1.807) is 61.5 Å². The molecule has 0 N–H and O–H groups in total. The molecule has 0 aliphatic carbocycles. The van der Waals surface area contributed by atoms with Crippen LogP contribution in [0, 0.1) is 11.3 Å². The van der Waals surface area contributed by atoms with Crippen molar-refractivity contribution >= 4 is 29.5 Å². The fourth-order valence-corrected chi connectivity index (χ4v) is 2.66. The molecule has 128 valence electrons. The standard InChI is InChI=1S/C20H14N2O4/c1-2-26-20(25)14(12-21)11-13-7-9-15(10-8-13)22-18(23)16-5-3-4-6-17(16)19(22)24/h3-11H,2H2,1H3/b14-11+. The number of ether oxygens (including phenoxy) is 1. The van der Waals surface area contributed by atoms with E-state index in [0.29, 0.717) is 22.4 Å². The lowest BCUT2D eigenvalue weighted by atomic mass is 10.1. The summed E-state index contributed by atoms with van der Waals surface area (Å²) in [4.78, 5) is 37.7. The molecule has 6 heteroatoms. The Morgan fingerprint density at radius 1 is 1.08 bits per heavy atom. The molecular weight excluding hydrogens is 332 g/mol. The summed E-state index contributed by atoms with van der Waals surface area (Å²) in [6.45, 7) is 1.83. The molecule has 0 radical (unpaired) electrons. The summed E-state index contributed by atoms with van der Waals surface area (Å²) in [6, 6.07) is 14.9. The van der Waals surface area contributed by atoms with Crippen LogP contribution in [0.1, 0.15) is 33.2 Å². The second-order valence-corrected chi connectivity index (χ2v) is 5.47. The Kier molecular flexibility index (Phi) is 4.63. The third-order valence-electron chi connectivity index (χ3n) is 3.87. The van der Waals surface area contributed by atoms with Crippen molar-refractivity contribution in [1.82, 2.24) is 0 Å². The van der Waals surface area contributed by atoms with Gasteiger partial charge in [-0.1, -0.05) is 24.3 Å². The summed E-state index contributed by atoms with van der Waals surface area (Å²) < 4.78 is 4.81. The molecule has 0 saturated carbocycles. The number of esters is 1. The van der Waals surface area contributed by atoms with Crippen LogP contribution in [-0.2, 0) is 9.53 Å². The van der Waals surface area contributed by atoms with Gasteiger partial charge in [-0.3, -0.25) is 9.59 Å². The van der Waals surface area contributed by atoms with E-state index in [-0.39, 0.29) is 24.0 Å². The molecule has 6 nitrogen and oxygen atoms in total. The lowest BCUT2D eigenvalue weighted by Crippen LogP contribution is -2.29. The lowest BCUT2D eigenvalue weighted by molar-refractivity contribution is -0.137. The molecular formula is C20H14N2O4. The summed E-state index contributed by atoms with van der Waals surface area (Å²) in [7, 11) is 0. The van der Waals surface area contributed by atoms with Gasteiger partial charge in [0, 0.05) is 0 Å². The first kappa shape index (κ1) is 17.1. The Balaban J connectivity index is 1.87. The Morgan fingerprint density at radius 3 is 2.15 bits per heavy atom. The van der Waals surface area contributed by atoms with E-state index >= 15 is 0 Å². The van der Waals surface area contributed by atoms with E-state index in [0.717, 1.165) is 4.90 Å². The number of amides is 2. The molecule has 2 amide bonds. The maximum Gasteiger partial charge on any atom is 0.348 e. The first-order chi connectivity index (χ1) is 12.6. The zero-order chi connectivity index (χ0) is 18.7. The van der Waals surface area contributed by atoms with Gasteiger partial charge in [0.1, 0.15) is 11.6 Å². The van der Waals surface area contributed by atoms with E-state index in [1.165, 1.54) is 6.08 Å². The number of fused-ring (bicyclic) bond motifs is 1. The van der Waals surface area contributed by atoms with E-state index in [9.17, 15) is 14.4 Å². The quantitative estimate of drug-likeness (QED) is 0.368. The smallest absolute Gasteiger partial charge is 0.348 e. The van der Waals surface area contributed by atoms with Crippen molar-refractivity contribution in [1.29, 1.82) is 5.26 Å². The third kappa shape index (κ3) is 2.98. The minimum absolute atomic E-state index is 0.125. The molecule has 0 spiro atoms. The van der Waals surface area contributed by atoms with E-state index in [1.807, 2.05) is 0 Å². The zero-order valence-corrected chi connectivity index (χ0v) is 13.9. The highest BCUT2D eigenvalue weighted by atomic mass is 16.5. The molecule has 0 aromatic heterocycles. The maximum atomic E-state index is 12.5. The number of hydrogen-bond donors (Lipinski definition) is 0. The minimum atomic E-state index is -0.695. The van der Waals surface area contributed by atoms with E-state index < -0.39 is 5.97 Å². The molecule has 2 aromatic rings. The second-order valence-electron chi connectivity index (χ2n) is 5.47. The predicted octanol–water partition coefficient (Wildman–Crippen LogP) is 2.96. The molecule has 1 aliphatic rings. The van der Waals surface area contributed by atoms with Crippen molar-refractivity contribution in [2.24, 2.45) is 0 Å². The summed E-state index contributed by atoms with van der Waals surface area (Å²) in [6.07, 6.45) is 1.39. The van der Waals surface area contributed by atoms with Gasteiger partial charge in [0.05, 0.1) is 23.4 Å². The summed E-state index contributed by atoms with van der Waals surface area (Å²) in [5, 5.41) is 9.06. The monoisotopic (exact) mass is 346 g/mol. The van der Waals surface area contributed by atoms with Crippen LogP contribution in [0.4, 0.5) is 5.69 Å². The normalized spacial score (nSPS) is 13.4. The predicted molar refractivity (Wildman–Crippen MR) is 94.2 cm³/mol. The van der Waals surface area contributed by atoms with Gasteiger partial charge in [-0.25, -0.2) is 9.69 Å². The largest absolute Gasteiger partial charge is 0.462 e. The SMILES string of the molecule is CCOC(=O)/C(C#N)=C/c1ccc(N2C(=O)c3ccccc3C2=O)cc1. The van der Waals surface area contributed by atoms with Crippen LogP contribution in [0.15, 0.2) is 54.1 Å². The molecule has 0 saturated heterocycles. The Hall–Kier alpha value is -3.72. The highest BCUT2D eigenvalue weighted by molar-refractivity contribution is 6.34. The lowest BCUT2D eigenvalue weighted by Gasteiger charge is -2.14. The summed E-state index contributed by atoms with van der Waals surface area (Å²) in [5.41, 5.74) is 1.62. The minimum Gasteiger partial charge on any atom is -0.462 e. The topological polar surface area (TPSA) is 87.5 Å². The number of nitrogens with zero attached hydrogens (tertiary/aromatic N) is 2. The van der Waals surface area contributed by atoms with Crippen LogP contribution < -0.4 is 4.90 Å². The zero-order valence-electron chi connectivity index (χ0n) is 13.9. The van der Waals surface area contributed by atoms with Gasteiger partial charge in [-0.2, -0.15) is 5.26 Å². The van der Waals surface area contributed by atoms with Gasteiger partial charge < -0.3 is 4.74 Å². The van der Waals surface area contributed by atoms with Gasteiger partial charge in [-0.15, -0.1) is 0 Å².